The molecule has 0 radical (unpaired) electrons. The molecule has 0 aliphatic carbocycles. The average molecular weight is 250 g/mol. The molecule has 2 aromatic carbocycles. The quantitative estimate of drug-likeness (QED) is 0.672. The molecule has 0 amide bonds. The van der Waals surface area contributed by atoms with E-state index in [9.17, 15) is 0 Å². The molecular formula is C17H18N2. The summed E-state index contributed by atoms with van der Waals surface area (Å²) in [5.41, 5.74) is 4.78. The third-order valence-electron chi connectivity index (χ3n) is 3.39. The highest BCUT2D eigenvalue weighted by molar-refractivity contribution is 5.93. The van der Waals surface area contributed by atoms with E-state index in [1.165, 1.54) is 22.0 Å². The predicted octanol–water partition coefficient (Wildman–Crippen LogP) is 4.42. The van der Waals surface area contributed by atoms with Crippen LogP contribution in [0.15, 0.2) is 48.5 Å². The van der Waals surface area contributed by atoms with Gasteiger partial charge in [0.1, 0.15) is 5.69 Å². The zero-order valence-corrected chi connectivity index (χ0v) is 11.4. The van der Waals surface area contributed by atoms with Crippen LogP contribution in [0.25, 0.3) is 22.2 Å². The number of aromatic nitrogens is 2. The molecule has 3 aromatic rings. The highest BCUT2D eigenvalue weighted by Crippen LogP contribution is 2.28. The molecule has 2 heteroatoms. The Kier molecular flexibility index (Phi) is 3.08. The van der Waals surface area contributed by atoms with Crippen molar-refractivity contribution in [2.75, 3.05) is 0 Å². The fraction of sp³-hybridized carbons (Fsp3) is 0.235. The molecule has 0 unspecified atom stereocenters. The number of rotatable bonds is 3. The molecule has 0 atom stereocenters. The molecule has 1 aromatic heterocycles. The van der Waals surface area contributed by atoms with Crippen LogP contribution in [0.5, 0.6) is 0 Å². The van der Waals surface area contributed by atoms with Crippen LogP contribution in [-0.2, 0) is 6.54 Å². The van der Waals surface area contributed by atoms with Gasteiger partial charge >= 0.3 is 0 Å². The van der Waals surface area contributed by atoms with Gasteiger partial charge in [-0.3, -0.25) is 4.68 Å². The zero-order chi connectivity index (χ0) is 13.2. The third-order valence-corrected chi connectivity index (χ3v) is 3.39. The molecule has 19 heavy (non-hydrogen) atoms. The lowest BCUT2D eigenvalue weighted by molar-refractivity contribution is 0.624. The molecule has 3 rings (SSSR count). The van der Waals surface area contributed by atoms with Crippen LogP contribution >= 0.6 is 0 Å². The van der Waals surface area contributed by atoms with E-state index >= 15 is 0 Å². The topological polar surface area (TPSA) is 17.8 Å². The SMILES string of the molecule is CCCn1nc(-c2ccccc2)c2cc(C)ccc21. The van der Waals surface area contributed by atoms with Crippen LogP contribution in [0.3, 0.4) is 0 Å². The van der Waals surface area contributed by atoms with E-state index in [0.717, 1.165) is 18.7 Å². The summed E-state index contributed by atoms with van der Waals surface area (Å²) in [5.74, 6) is 0. The summed E-state index contributed by atoms with van der Waals surface area (Å²) in [5, 5.41) is 6.06. The summed E-state index contributed by atoms with van der Waals surface area (Å²) >= 11 is 0. The number of hydrogen-bond donors (Lipinski definition) is 0. The maximum absolute atomic E-state index is 4.81. The van der Waals surface area contributed by atoms with Gasteiger partial charge in [0.2, 0.25) is 0 Å². The van der Waals surface area contributed by atoms with Crippen molar-refractivity contribution >= 4 is 10.9 Å². The number of nitrogens with zero attached hydrogens (tertiary/aromatic N) is 2. The highest BCUT2D eigenvalue weighted by atomic mass is 15.3. The fourth-order valence-electron chi connectivity index (χ4n) is 2.48. The van der Waals surface area contributed by atoms with Gasteiger partial charge in [0, 0.05) is 17.5 Å². The van der Waals surface area contributed by atoms with Crippen LogP contribution in [-0.4, -0.2) is 9.78 Å². The van der Waals surface area contributed by atoms with Crippen LogP contribution in [0.1, 0.15) is 18.9 Å². The molecule has 0 saturated carbocycles. The lowest BCUT2D eigenvalue weighted by Gasteiger charge is -2.00. The number of aryl methyl sites for hydroxylation is 2. The summed E-state index contributed by atoms with van der Waals surface area (Å²) in [6.45, 7) is 5.28. The van der Waals surface area contributed by atoms with Gasteiger partial charge < -0.3 is 0 Å². The van der Waals surface area contributed by atoms with Crippen LogP contribution in [0.4, 0.5) is 0 Å². The standard InChI is InChI=1S/C17H18N2/c1-3-11-19-16-10-9-13(2)12-15(16)17(18-19)14-7-5-4-6-8-14/h4-10,12H,3,11H2,1-2H3. The molecule has 0 fully saturated rings. The van der Waals surface area contributed by atoms with Gasteiger partial charge in [-0.05, 0) is 25.5 Å². The first-order chi connectivity index (χ1) is 9.29. The Morgan fingerprint density at radius 3 is 2.58 bits per heavy atom. The summed E-state index contributed by atoms with van der Waals surface area (Å²) in [6.07, 6.45) is 1.10. The van der Waals surface area contributed by atoms with E-state index < -0.39 is 0 Å². The summed E-state index contributed by atoms with van der Waals surface area (Å²) in [4.78, 5) is 0. The molecule has 0 aliphatic heterocycles. The van der Waals surface area contributed by atoms with Gasteiger partial charge in [0.15, 0.2) is 0 Å². The Morgan fingerprint density at radius 1 is 1.05 bits per heavy atom. The van der Waals surface area contributed by atoms with E-state index in [2.05, 4.69) is 61.0 Å². The smallest absolute Gasteiger partial charge is 0.100 e. The largest absolute Gasteiger partial charge is 0.264 e. The van der Waals surface area contributed by atoms with Gasteiger partial charge in [-0.15, -0.1) is 0 Å². The zero-order valence-electron chi connectivity index (χ0n) is 11.4. The second kappa shape index (κ2) is 4.88. The van der Waals surface area contributed by atoms with Crippen molar-refractivity contribution in [3.8, 4) is 11.3 Å². The highest BCUT2D eigenvalue weighted by Gasteiger charge is 2.11. The van der Waals surface area contributed by atoms with Crippen molar-refractivity contribution in [2.45, 2.75) is 26.8 Å². The Morgan fingerprint density at radius 2 is 1.84 bits per heavy atom. The number of hydrogen-bond acceptors (Lipinski definition) is 1. The molecule has 0 N–H and O–H groups in total. The molecule has 0 spiro atoms. The predicted molar refractivity (Wildman–Crippen MR) is 80.2 cm³/mol. The van der Waals surface area contributed by atoms with Crippen LogP contribution < -0.4 is 0 Å². The molecule has 0 aliphatic rings. The second-order valence-electron chi connectivity index (χ2n) is 4.96. The minimum absolute atomic E-state index is 0.965. The average Bonchev–Trinajstić information content (AvgIpc) is 2.78. The van der Waals surface area contributed by atoms with Gasteiger partial charge in [0.25, 0.3) is 0 Å². The first-order valence-electron chi connectivity index (χ1n) is 6.82. The summed E-state index contributed by atoms with van der Waals surface area (Å²) in [7, 11) is 0. The van der Waals surface area contributed by atoms with E-state index in [4.69, 9.17) is 5.10 Å². The summed E-state index contributed by atoms with van der Waals surface area (Å²) in [6, 6.07) is 17.0. The van der Waals surface area contributed by atoms with Gasteiger partial charge in [-0.25, -0.2) is 0 Å². The van der Waals surface area contributed by atoms with Gasteiger partial charge in [0.05, 0.1) is 5.52 Å². The molecule has 1 heterocycles. The Balaban J connectivity index is 2.26. The first kappa shape index (κ1) is 12.0. The van der Waals surface area contributed by atoms with E-state index in [1.807, 2.05) is 6.07 Å². The van der Waals surface area contributed by atoms with Crippen LogP contribution in [0, 0.1) is 6.92 Å². The maximum Gasteiger partial charge on any atom is 0.100 e. The molecule has 0 saturated heterocycles. The molecule has 2 nitrogen and oxygen atoms in total. The lowest BCUT2D eigenvalue weighted by atomic mass is 10.1. The normalized spacial score (nSPS) is 11.1. The van der Waals surface area contributed by atoms with Crippen molar-refractivity contribution < 1.29 is 0 Å². The Hall–Kier alpha value is -2.09. The van der Waals surface area contributed by atoms with Crippen molar-refractivity contribution in [3.63, 3.8) is 0 Å². The van der Waals surface area contributed by atoms with Crippen molar-refractivity contribution in [3.05, 3.63) is 54.1 Å². The van der Waals surface area contributed by atoms with E-state index in [0.29, 0.717) is 0 Å². The third kappa shape index (κ3) is 2.14. The monoisotopic (exact) mass is 250 g/mol. The molecule has 0 bridgehead atoms. The van der Waals surface area contributed by atoms with E-state index in [-0.39, 0.29) is 0 Å². The number of benzene rings is 2. The minimum Gasteiger partial charge on any atom is -0.264 e. The molecular weight excluding hydrogens is 232 g/mol. The Labute approximate surface area is 113 Å². The summed E-state index contributed by atoms with van der Waals surface area (Å²) < 4.78 is 2.12. The van der Waals surface area contributed by atoms with Crippen molar-refractivity contribution in [1.29, 1.82) is 0 Å². The van der Waals surface area contributed by atoms with Gasteiger partial charge in [-0.1, -0.05) is 48.9 Å². The molecule has 96 valence electrons. The first-order valence-corrected chi connectivity index (χ1v) is 6.82. The second-order valence-corrected chi connectivity index (χ2v) is 4.96. The minimum atomic E-state index is 0.965. The van der Waals surface area contributed by atoms with Crippen molar-refractivity contribution in [2.24, 2.45) is 0 Å². The number of fused-ring (bicyclic) bond motifs is 1. The van der Waals surface area contributed by atoms with Gasteiger partial charge in [-0.2, -0.15) is 5.10 Å². The maximum atomic E-state index is 4.81. The van der Waals surface area contributed by atoms with E-state index in [1.54, 1.807) is 0 Å². The lowest BCUT2D eigenvalue weighted by Crippen LogP contribution is -1.98. The van der Waals surface area contributed by atoms with Crippen molar-refractivity contribution in [1.82, 2.24) is 9.78 Å². The fourth-order valence-corrected chi connectivity index (χ4v) is 2.48. The Bertz CT molecular complexity index is 696. The van der Waals surface area contributed by atoms with Crippen LogP contribution in [0.2, 0.25) is 0 Å².